The Morgan fingerprint density at radius 1 is 1.13 bits per heavy atom. The highest BCUT2D eigenvalue weighted by Crippen LogP contribution is 2.56. The number of hydrogen-bond donors (Lipinski definition) is 0. The van der Waals surface area contributed by atoms with Crippen molar-refractivity contribution in [2.75, 3.05) is 25.4 Å². The van der Waals surface area contributed by atoms with Crippen LogP contribution < -0.4 is 9.47 Å². The van der Waals surface area contributed by atoms with Gasteiger partial charge >= 0.3 is 5.97 Å². The van der Waals surface area contributed by atoms with Crippen LogP contribution in [0, 0.1) is 17.8 Å². The van der Waals surface area contributed by atoms with Crippen molar-refractivity contribution in [1.82, 2.24) is 4.90 Å². The number of esters is 1. The average molecular weight is 542 g/mol. The first kappa shape index (κ1) is 29.5. The number of unbranched alkanes of at least 4 members (excludes halogenated alkanes) is 2. The summed E-state index contributed by atoms with van der Waals surface area (Å²) in [5, 5.41) is 0. The van der Waals surface area contributed by atoms with E-state index in [0.29, 0.717) is 23.5 Å². The average Bonchev–Trinajstić information content (AvgIpc) is 3.29. The maximum absolute atomic E-state index is 13.5. The molecule has 0 aromatic heterocycles. The maximum atomic E-state index is 13.5. The lowest BCUT2D eigenvalue weighted by molar-refractivity contribution is -0.138. The highest BCUT2D eigenvalue weighted by Gasteiger charge is 2.43. The van der Waals surface area contributed by atoms with Crippen LogP contribution in [0.25, 0.3) is 5.57 Å². The number of piperidine rings is 1. The summed E-state index contributed by atoms with van der Waals surface area (Å²) in [7, 11) is 0. The minimum atomic E-state index is -0.366. The zero-order valence-electron chi connectivity index (χ0n) is 25.0. The van der Waals surface area contributed by atoms with Crippen molar-refractivity contribution in [3.05, 3.63) is 28.2 Å². The largest absolute Gasteiger partial charge is 0.482 e. The summed E-state index contributed by atoms with van der Waals surface area (Å²) in [4.78, 5) is 17.3. The molecule has 1 saturated heterocycles. The van der Waals surface area contributed by atoms with Crippen LogP contribution in [0.5, 0.6) is 11.5 Å². The lowest BCUT2D eigenvalue weighted by Crippen LogP contribution is -2.34. The maximum Gasteiger partial charge on any atom is 0.314 e. The van der Waals surface area contributed by atoms with Gasteiger partial charge in [0.25, 0.3) is 0 Å². The van der Waals surface area contributed by atoms with Crippen molar-refractivity contribution in [2.24, 2.45) is 17.8 Å². The third kappa shape index (κ3) is 6.63. The zero-order valence-corrected chi connectivity index (χ0v) is 25.8. The minimum absolute atomic E-state index is 0.115. The molecule has 4 unspecified atom stereocenters. The minimum Gasteiger partial charge on any atom is -0.482 e. The van der Waals surface area contributed by atoms with Crippen LogP contribution in [0.3, 0.4) is 0 Å². The smallest absolute Gasteiger partial charge is 0.314 e. The van der Waals surface area contributed by atoms with Gasteiger partial charge in [0.1, 0.15) is 17.1 Å². The van der Waals surface area contributed by atoms with E-state index in [-0.39, 0.29) is 17.5 Å². The summed E-state index contributed by atoms with van der Waals surface area (Å²) in [5.74, 6) is 3.71. The molecule has 0 spiro atoms. The molecule has 212 valence electrons. The summed E-state index contributed by atoms with van der Waals surface area (Å²) in [6, 6.07) is 4.41. The van der Waals surface area contributed by atoms with Crippen LogP contribution in [0.4, 0.5) is 0 Å². The van der Waals surface area contributed by atoms with E-state index in [9.17, 15) is 4.79 Å². The number of hydrogen-bond acceptors (Lipinski definition) is 5. The number of benzene rings is 1. The number of nitrogens with zero attached hydrogens (tertiary/aromatic N) is 1. The molecule has 0 bridgehead atoms. The fourth-order valence-corrected chi connectivity index (χ4v) is 7.68. The van der Waals surface area contributed by atoms with E-state index >= 15 is 0 Å². The topological polar surface area (TPSA) is 38.8 Å². The van der Waals surface area contributed by atoms with Crippen molar-refractivity contribution in [3.63, 3.8) is 0 Å². The molecule has 0 amide bonds. The molecule has 1 aromatic rings. The van der Waals surface area contributed by atoms with Gasteiger partial charge in [0.15, 0.2) is 0 Å². The normalized spacial score (nSPS) is 23.3. The monoisotopic (exact) mass is 541 g/mol. The molecule has 0 aliphatic carbocycles. The Kier molecular flexibility index (Phi) is 9.95. The summed E-state index contributed by atoms with van der Waals surface area (Å²) in [6.45, 7) is 18.9. The zero-order chi connectivity index (χ0) is 27.4. The number of ether oxygens (including phenoxy) is 2. The fourth-order valence-electron chi connectivity index (χ4n) is 6.25. The molecule has 0 saturated carbocycles. The Balaban J connectivity index is 1.62. The second kappa shape index (κ2) is 12.8. The van der Waals surface area contributed by atoms with Gasteiger partial charge in [-0.1, -0.05) is 66.7 Å². The summed E-state index contributed by atoms with van der Waals surface area (Å²) in [6.07, 6.45) is 9.72. The van der Waals surface area contributed by atoms with E-state index < -0.39 is 0 Å². The third-order valence-electron chi connectivity index (χ3n) is 9.07. The molecule has 0 radical (unpaired) electrons. The van der Waals surface area contributed by atoms with Crippen LogP contribution in [0.1, 0.15) is 117 Å². The first-order valence-corrected chi connectivity index (χ1v) is 16.3. The van der Waals surface area contributed by atoms with E-state index in [1.807, 2.05) is 18.7 Å². The van der Waals surface area contributed by atoms with Gasteiger partial charge in [-0.3, -0.25) is 4.79 Å². The standard InChI is InChI=1S/C33H51NO3S/c1-8-9-11-14-22(2)25(5)26-19-27(36-32(35)23(3)15-18-34-16-12-10-13-17-34)30-28(20-26)37-33(6,7)31-29(30)24(4)21-38-31/h19-20,22-25H,8-18,21H2,1-7H3. The molecule has 4 rings (SSSR count). The number of carbonyl (C=O) groups is 1. The van der Waals surface area contributed by atoms with Gasteiger partial charge in [0.05, 0.1) is 11.5 Å². The highest BCUT2D eigenvalue weighted by atomic mass is 32.2. The Hall–Kier alpha value is -1.46. The second-order valence-corrected chi connectivity index (χ2v) is 13.8. The molecule has 38 heavy (non-hydrogen) atoms. The number of carbonyl (C=O) groups excluding carboxylic acids is 1. The van der Waals surface area contributed by atoms with E-state index in [4.69, 9.17) is 9.47 Å². The van der Waals surface area contributed by atoms with E-state index in [1.54, 1.807) is 0 Å². The molecule has 4 atom stereocenters. The molecule has 5 heteroatoms. The predicted octanol–water partition coefficient (Wildman–Crippen LogP) is 8.69. The quantitative estimate of drug-likeness (QED) is 0.159. The third-order valence-corrected chi connectivity index (χ3v) is 10.7. The molecular weight excluding hydrogens is 490 g/mol. The molecule has 4 nitrogen and oxygen atoms in total. The Morgan fingerprint density at radius 2 is 1.87 bits per heavy atom. The fraction of sp³-hybridized carbons (Fsp3) is 0.727. The van der Waals surface area contributed by atoms with Gasteiger partial charge in [-0.15, -0.1) is 11.8 Å². The number of rotatable bonds is 11. The van der Waals surface area contributed by atoms with E-state index in [0.717, 1.165) is 43.1 Å². The number of thioether (sulfide) groups is 1. The van der Waals surface area contributed by atoms with E-state index in [2.05, 4.69) is 58.6 Å². The molecule has 0 N–H and O–H groups in total. The first-order valence-electron chi connectivity index (χ1n) is 15.3. The Morgan fingerprint density at radius 3 is 2.58 bits per heavy atom. The summed E-state index contributed by atoms with van der Waals surface area (Å²) >= 11 is 1.90. The molecular formula is C33H51NO3S. The van der Waals surface area contributed by atoms with Gasteiger partial charge < -0.3 is 14.4 Å². The van der Waals surface area contributed by atoms with Crippen molar-refractivity contribution in [3.8, 4) is 11.5 Å². The Bertz CT molecular complexity index is 1010. The van der Waals surface area contributed by atoms with Gasteiger partial charge in [-0.25, -0.2) is 0 Å². The van der Waals surface area contributed by atoms with Crippen molar-refractivity contribution in [1.29, 1.82) is 0 Å². The first-order chi connectivity index (χ1) is 18.1. The van der Waals surface area contributed by atoms with Crippen molar-refractivity contribution >= 4 is 23.3 Å². The van der Waals surface area contributed by atoms with Gasteiger partial charge in [-0.05, 0) is 93.8 Å². The van der Waals surface area contributed by atoms with Crippen LogP contribution in [0.15, 0.2) is 17.0 Å². The molecule has 1 fully saturated rings. The van der Waals surface area contributed by atoms with Crippen molar-refractivity contribution < 1.29 is 14.3 Å². The predicted molar refractivity (Wildman–Crippen MR) is 161 cm³/mol. The summed E-state index contributed by atoms with van der Waals surface area (Å²) in [5.41, 5.74) is 3.19. The summed E-state index contributed by atoms with van der Waals surface area (Å²) < 4.78 is 13.0. The molecule has 3 heterocycles. The van der Waals surface area contributed by atoms with Gasteiger partial charge in [-0.2, -0.15) is 0 Å². The second-order valence-electron chi connectivity index (χ2n) is 12.7. The van der Waals surface area contributed by atoms with Gasteiger partial charge in [0, 0.05) is 10.7 Å². The van der Waals surface area contributed by atoms with Crippen LogP contribution in [-0.2, 0) is 4.79 Å². The van der Waals surface area contributed by atoms with E-state index in [1.165, 1.54) is 61.0 Å². The SMILES string of the molecule is CCCCCC(C)C(C)c1cc(OC(=O)C(C)CCN2CCCCC2)c2c(c1)OC(C)(C)C1=C2C(C)CS1. The lowest BCUT2D eigenvalue weighted by atomic mass is 9.82. The Labute approximate surface area is 236 Å². The van der Waals surface area contributed by atoms with Crippen LogP contribution >= 0.6 is 11.8 Å². The van der Waals surface area contributed by atoms with Crippen LogP contribution in [0.2, 0.25) is 0 Å². The van der Waals surface area contributed by atoms with Gasteiger partial charge in [0.2, 0.25) is 0 Å². The molecule has 1 aromatic carbocycles. The van der Waals surface area contributed by atoms with Crippen LogP contribution in [-0.4, -0.2) is 41.9 Å². The van der Waals surface area contributed by atoms with Crippen molar-refractivity contribution in [2.45, 2.75) is 111 Å². The molecule has 3 aliphatic rings. The number of fused-ring (bicyclic) bond motifs is 2. The highest BCUT2D eigenvalue weighted by molar-refractivity contribution is 8.03. The lowest BCUT2D eigenvalue weighted by Gasteiger charge is -2.36. The number of allylic oxidation sites excluding steroid dienone is 1. The molecule has 3 aliphatic heterocycles. The number of likely N-dealkylation sites (tertiary alicyclic amines) is 1.